The number of hydrogen-bond donors (Lipinski definition) is 2. The first-order valence-electron chi connectivity index (χ1n) is 7.14. The molecule has 1 atom stereocenters. The van der Waals surface area contributed by atoms with Gasteiger partial charge in [-0.25, -0.2) is 9.78 Å². The highest BCUT2D eigenvalue weighted by molar-refractivity contribution is 7.13. The van der Waals surface area contributed by atoms with Crippen molar-refractivity contribution in [1.29, 1.82) is 0 Å². The Morgan fingerprint density at radius 1 is 1.52 bits per heavy atom. The second-order valence-corrected chi connectivity index (χ2v) is 6.55. The van der Waals surface area contributed by atoms with Crippen LogP contribution in [-0.2, 0) is 20.7 Å². The number of rotatable bonds is 5. The number of aryl methyl sites for hydroxylation is 1. The average molecular weight is 341 g/mol. The van der Waals surface area contributed by atoms with E-state index in [1.165, 1.54) is 23.3 Å². The highest BCUT2D eigenvalue weighted by Crippen LogP contribution is 2.30. The van der Waals surface area contributed by atoms with Gasteiger partial charge >= 0.3 is 18.0 Å². The Kier molecular flexibility index (Phi) is 5.19. The van der Waals surface area contributed by atoms with Crippen molar-refractivity contribution in [2.45, 2.75) is 26.2 Å². The first-order valence-corrected chi connectivity index (χ1v) is 8.02. The molecule has 2 amide bonds. The maximum absolute atomic E-state index is 12.2. The van der Waals surface area contributed by atoms with E-state index >= 15 is 0 Å². The lowest BCUT2D eigenvalue weighted by Gasteiger charge is -2.19. The Morgan fingerprint density at radius 2 is 2.26 bits per heavy atom. The number of hydrogen-bond acceptors (Lipinski definition) is 6. The zero-order chi connectivity index (χ0) is 17.0. The van der Waals surface area contributed by atoms with Crippen LogP contribution in [0.25, 0.3) is 0 Å². The Morgan fingerprint density at radius 3 is 2.87 bits per heavy atom. The summed E-state index contributed by atoms with van der Waals surface area (Å²) in [6.07, 6.45) is 1.11. The zero-order valence-electron chi connectivity index (χ0n) is 13.0. The minimum atomic E-state index is -0.897. The minimum Gasteiger partial charge on any atom is -0.481 e. The van der Waals surface area contributed by atoms with E-state index in [0.717, 1.165) is 0 Å². The van der Waals surface area contributed by atoms with Gasteiger partial charge in [0.1, 0.15) is 0 Å². The molecule has 1 aliphatic rings. The summed E-state index contributed by atoms with van der Waals surface area (Å²) in [5.41, 5.74) is -0.196. The van der Waals surface area contributed by atoms with Gasteiger partial charge in [0.2, 0.25) is 0 Å². The quantitative estimate of drug-likeness (QED) is 0.787. The highest BCUT2D eigenvalue weighted by Gasteiger charge is 2.42. The number of carboxylic acid groups (broad SMARTS) is 1. The number of carbonyl (C=O) groups excluding carboxylic acids is 2. The van der Waals surface area contributed by atoms with Crippen molar-refractivity contribution in [2.75, 3.05) is 25.5 Å². The number of amides is 2. The van der Waals surface area contributed by atoms with Crippen LogP contribution in [0.3, 0.4) is 0 Å². The molecule has 0 saturated carbocycles. The van der Waals surface area contributed by atoms with E-state index in [0.29, 0.717) is 30.2 Å². The number of nitrogens with one attached hydrogen (secondary N) is 1. The molecule has 0 aromatic carbocycles. The topological polar surface area (TPSA) is 109 Å². The molecule has 0 spiro atoms. The Hall–Kier alpha value is -2.16. The Balaban J connectivity index is 1.88. The second-order valence-electron chi connectivity index (χ2n) is 5.69. The number of methoxy groups -OCH3 is 1. The molecule has 2 rings (SSSR count). The van der Waals surface area contributed by atoms with Gasteiger partial charge in [-0.05, 0) is 13.3 Å². The van der Waals surface area contributed by atoms with E-state index in [-0.39, 0.29) is 25.0 Å². The normalized spacial score (nSPS) is 20.3. The van der Waals surface area contributed by atoms with Crippen LogP contribution < -0.4 is 5.32 Å². The third kappa shape index (κ3) is 4.19. The molecule has 1 aliphatic heterocycles. The molecule has 9 heteroatoms. The standard InChI is InChI=1S/C14H19N3O5S/c1-14(11(19)20)5-6-17(8-14)13(21)16-12-15-9(7-23-12)3-4-10(18)22-2/h7H,3-6,8H2,1-2H3,(H,19,20)(H,15,16,21). The van der Waals surface area contributed by atoms with Crippen LogP contribution in [0.5, 0.6) is 0 Å². The Labute approximate surface area is 137 Å². The van der Waals surface area contributed by atoms with Crippen molar-refractivity contribution in [3.05, 3.63) is 11.1 Å². The number of aromatic nitrogens is 1. The molecule has 1 unspecified atom stereocenters. The molecule has 23 heavy (non-hydrogen) atoms. The predicted molar refractivity (Wildman–Crippen MR) is 83.4 cm³/mol. The molecule has 126 valence electrons. The van der Waals surface area contributed by atoms with Crippen LogP contribution in [0.2, 0.25) is 0 Å². The van der Waals surface area contributed by atoms with Gasteiger partial charge in [0.05, 0.1) is 24.6 Å². The number of urea groups is 1. The summed E-state index contributed by atoms with van der Waals surface area (Å²) < 4.78 is 4.56. The van der Waals surface area contributed by atoms with E-state index in [9.17, 15) is 19.5 Å². The molecule has 1 fully saturated rings. The molecule has 0 aliphatic carbocycles. The number of thiazole rings is 1. The van der Waals surface area contributed by atoms with Crippen molar-refractivity contribution in [3.63, 3.8) is 0 Å². The van der Waals surface area contributed by atoms with Gasteiger partial charge in [-0.15, -0.1) is 11.3 Å². The summed E-state index contributed by atoms with van der Waals surface area (Å²) in [4.78, 5) is 40.2. The number of ether oxygens (including phenoxy) is 1. The van der Waals surface area contributed by atoms with Gasteiger partial charge in [-0.1, -0.05) is 0 Å². The number of likely N-dealkylation sites (tertiary alicyclic amines) is 1. The van der Waals surface area contributed by atoms with Gasteiger partial charge in [-0.2, -0.15) is 0 Å². The summed E-state index contributed by atoms with van der Waals surface area (Å²) in [5, 5.41) is 14.0. The van der Waals surface area contributed by atoms with E-state index in [4.69, 9.17) is 0 Å². The van der Waals surface area contributed by atoms with Crippen molar-refractivity contribution >= 4 is 34.4 Å². The van der Waals surface area contributed by atoms with Crippen LogP contribution in [0.15, 0.2) is 5.38 Å². The maximum atomic E-state index is 12.2. The fraction of sp³-hybridized carbons (Fsp3) is 0.571. The van der Waals surface area contributed by atoms with Crippen molar-refractivity contribution in [3.8, 4) is 0 Å². The predicted octanol–water partition coefficient (Wildman–Crippen LogP) is 1.58. The number of carboxylic acids is 1. The lowest BCUT2D eigenvalue weighted by molar-refractivity contribution is -0.147. The fourth-order valence-corrected chi connectivity index (χ4v) is 3.03. The zero-order valence-corrected chi connectivity index (χ0v) is 13.8. The van der Waals surface area contributed by atoms with E-state index in [1.54, 1.807) is 12.3 Å². The molecular weight excluding hydrogens is 322 g/mol. The third-order valence-electron chi connectivity index (χ3n) is 3.86. The van der Waals surface area contributed by atoms with E-state index < -0.39 is 11.4 Å². The summed E-state index contributed by atoms with van der Waals surface area (Å²) >= 11 is 1.26. The first kappa shape index (κ1) is 17.2. The highest BCUT2D eigenvalue weighted by atomic mass is 32.1. The van der Waals surface area contributed by atoms with Crippen LogP contribution in [-0.4, -0.2) is 53.2 Å². The molecule has 1 aromatic rings. The van der Waals surface area contributed by atoms with E-state index in [2.05, 4.69) is 15.0 Å². The number of carbonyl (C=O) groups is 3. The largest absolute Gasteiger partial charge is 0.481 e. The van der Waals surface area contributed by atoms with Crippen molar-refractivity contribution < 1.29 is 24.2 Å². The monoisotopic (exact) mass is 341 g/mol. The second kappa shape index (κ2) is 6.95. The van der Waals surface area contributed by atoms with Crippen LogP contribution >= 0.6 is 11.3 Å². The van der Waals surface area contributed by atoms with Crippen LogP contribution in [0.4, 0.5) is 9.93 Å². The van der Waals surface area contributed by atoms with Crippen LogP contribution in [0, 0.1) is 5.41 Å². The molecule has 1 saturated heterocycles. The molecule has 8 nitrogen and oxygen atoms in total. The number of nitrogens with zero attached hydrogens (tertiary/aromatic N) is 2. The average Bonchev–Trinajstić information content (AvgIpc) is 3.12. The fourth-order valence-electron chi connectivity index (χ4n) is 2.29. The van der Waals surface area contributed by atoms with Crippen molar-refractivity contribution in [1.82, 2.24) is 9.88 Å². The van der Waals surface area contributed by atoms with Crippen LogP contribution in [0.1, 0.15) is 25.5 Å². The lowest BCUT2D eigenvalue weighted by atomic mass is 9.90. The maximum Gasteiger partial charge on any atom is 0.323 e. The van der Waals surface area contributed by atoms with E-state index in [1.807, 2.05) is 0 Å². The molecule has 0 radical (unpaired) electrons. The number of esters is 1. The number of anilines is 1. The Bertz CT molecular complexity index is 617. The lowest BCUT2D eigenvalue weighted by Crippen LogP contribution is -2.37. The number of aliphatic carboxylic acids is 1. The summed E-state index contributed by atoms with van der Waals surface area (Å²) in [6, 6.07) is -0.358. The summed E-state index contributed by atoms with van der Waals surface area (Å²) in [7, 11) is 1.33. The van der Waals surface area contributed by atoms with Gasteiger partial charge < -0.3 is 14.7 Å². The first-order chi connectivity index (χ1) is 10.8. The van der Waals surface area contributed by atoms with Crippen molar-refractivity contribution in [2.24, 2.45) is 5.41 Å². The summed E-state index contributed by atoms with van der Waals surface area (Å²) in [6.45, 7) is 2.21. The smallest absolute Gasteiger partial charge is 0.323 e. The molecular formula is C14H19N3O5S. The molecule has 2 N–H and O–H groups in total. The van der Waals surface area contributed by atoms with Gasteiger partial charge in [0.15, 0.2) is 5.13 Å². The molecule has 2 heterocycles. The molecule has 0 bridgehead atoms. The minimum absolute atomic E-state index is 0.175. The third-order valence-corrected chi connectivity index (χ3v) is 4.66. The molecule has 1 aromatic heterocycles. The SMILES string of the molecule is COC(=O)CCc1csc(NC(=O)N2CCC(C)(C(=O)O)C2)n1. The van der Waals surface area contributed by atoms with Gasteiger partial charge in [0.25, 0.3) is 0 Å². The van der Waals surface area contributed by atoms with Gasteiger partial charge in [0, 0.05) is 24.9 Å². The van der Waals surface area contributed by atoms with Gasteiger partial charge in [-0.3, -0.25) is 14.9 Å². The summed E-state index contributed by atoms with van der Waals surface area (Å²) in [5.74, 6) is -1.21.